The first-order valence-electron chi connectivity index (χ1n) is 7.79. The Balaban J connectivity index is 2.36. The smallest absolute Gasteiger partial charge is 0.336 e. The number of hydrogen-bond donors (Lipinski definition) is 0. The molecule has 0 saturated carbocycles. The number of ether oxygens (including phenoxy) is 3. The van der Waals surface area contributed by atoms with Crippen molar-refractivity contribution in [3.63, 3.8) is 0 Å². The molecule has 0 aliphatic carbocycles. The number of hydrogen-bond acceptors (Lipinski definition) is 9. The van der Waals surface area contributed by atoms with E-state index in [1.54, 1.807) is 19.2 Å². The zero-order valence-electron chi connectivity index (χ0n) is 15.2. The second-order valence-corrected chi connectivity index (χ2v) is 6.75. The topological polar surface area (TPSA) is 104 Å². The van der Waals surface area contributed by atoms with Crippen LogP contribution >= 0.6 is 11.3 Å². The largest absolute Gasteiger partial charge is 0.468 e. The Kier molecular flexibility index (Phi) is 6.25. The van der Waals surface area contributed by atoms with Gasteiger partial charge in [0, 0.05) is 16.8 Å². The minimum absolute atomic E-state index is 0.00652. The molecule has 0 saturated heterocycles. The number of allylic oxidation sites excluding steroid dienone is 1. The van der Waals surface area contributed by atoms with Crippen molar-refractivity contribution in [1.82, 2.24) is 4.98 Å². The minimum Gasteiger partial charge on any atom is -0.468 e. The van der Waals surface area contributed by atoms with Crippen LogP contribution in [-0.4, -0.2) is 42.8 Å². The summed E-state index contributed by atoms with van der Waals surface area (Å²) in [6.07, 6.45) is 0. The van der Waals surface area contributed by atoms with Gasteiger partial charge >= 0.3 is 17.9 Å². The van der Waals surface area contributed by atoms with Crippen molar-refractivity contribution in [2.75, 3.05) is 14.2 Å². The molecule has 26 heavy (non-hydrogen) atoms. The number of aliphatic imine (C=N–C) groups is 1. The van der Waals surface area contributed by atoms with Gasteiger partial charge in [-0.3, -0.25) is 14.6 Å². The van der Waals surface area contributed by atoms with Crippen LogP contribution < -0.4 is 0 Å². The fourth-order valence-corrected chi connectivity index (χ4v) is 3.41. The SMILES string of the molecule is COC(=O)C1=C(C)N=C(C)C(C(=O)OC)[C@H]1C(=O)OCc1csc(C)n1. The third-order valence-electron chi connectivity index (χ3n) is 3.97. The molecule has 1 aliphatic heterocycles. The lowest BCUT2D eigenvalue weighted by molar-refractivity contribution is -0.157. The van der Waals surface area contributed by atoms with Crippen molar-refractivity contribution < 1.29 is 28.6 Å². The predicted molar refractivity (Wildman–Crippen MR) is 93.5 cm³/mol. The van der Waals surface area contributed by atoms with Gasteiger partial charge in [0.2, 0.25) is 0 Å². The molecule has 0 bridgehead atoms. The summed E-state index contributed by atoms with van der Waals surface area (Å²) in [4.78, 5) is 45.7. The van der Waals surface area contributed by atoms with Gasteiger partial charge in [0.15, 0.2) is 0 Å². The van der Waals surface area contributed by atoms with Gasteiger partial charge in [-0.15, -0.1) is 11.3 Å². The molecule has 1 unspecified atom stereocenters. The summed E-state index contributed by atoms with van der Waals surface area (Å²) < 4.78 is 14.9. The van der Waals surface area contributed by atoms with E-state index in [9.17, 15) is 14.4 Å². The zero-order chi connectivity index (χ0) is 19.4. The second-order valence-electron chi connectivity index (χ2n) is 5.69. The molecule has 8 nitrogen and oxygen atoms in total. The first-order valence-corrected chi connectivity index (χ1v) is 8.67. The van der Waals surface area contributed by atoms with Crippen molar-refractivity contribution >= 4 is 35.0 Å². The number of aromatic nitrogens is 1. The van der Waals surface area contributed by atoms with Gasteiger partial charge in [0.05, 0.1) is 30.5 Å². The molecule has 2 heterocycles. The van der Waals surface area contributed by atoms with E-state index in [1.165, 1.54) is 25.6 Å². The van der Waals surface area contributed by atoms with E-state index < -0.39 is 29.7 Å². The van der Waals surface area contributed by atoms with Gasteiger partial charge in [0.1, 0.15) is 18.4 Å². The zero-order valence-corrected chi connectivity index (χ0v) is 16.0. The Bertz CT molecular complexity index is 795. The molecule has 1 aromatic heterocycles. The summed E-state index contributed by atoms with van der Waals surface area (Å²) >= 11 is 1.43. The average molecular weight is 380 g/mol. The van der Waals surface area contributed by atoms with Gasteiger partial charge in [-0.2, -0.15) is 0 Å². The van der Waals surface area contributed by atoms with Gasteiger partial charge in [-0.05, 0) is 20.8 Å². The monoisotopic (exact) mass is 380 g/mol. The molecular formula is C17H20N2O6S. The number of methoxy groups -OCH3 is 2. The number of nitrogens with zero attached hydrogens (tertiary/aromatic N) is 2. The van der Waals surface area contributed by atoms with E-state index in [-0.39, 0.29) is 12.2 Å². The summed E-state index contributed by atoms with van der Waals surface area (Å²) in [5.74, 6) is -4.39. The summed E-state index contributed by atoms with van der Waals surface area (Å²) in [6, 6.07) is 0. The first kappa shape index (κ1) is 19.8. The third-order valence-corrected chi connectivity index (χ3v) is 4.79. The minimum atomic E-state index is -1.19. The molecule has 1 aromatic rings. The maximum atomic E-state index is 12.8. The highest BCUT2D eigenvalue weighted by Gasteiger charge is 2.46. The van der Waals surface area contributed by atoms with Crippen molar-refractivity contribution in [1.29, 1.82) is 0 Å². The van der Waals surface area contributed by atoms with E-state index >= 15 is 0 Å². The summed E-state index contributed by atoms with van der Waals surface area (Å²) in [5.41, 5.74) is 1.26. The van der Waals surface area contributed by atoms with Crippen molar-refractivity contribution in [3.05, 3.63) is 27.4 Å². The highest BCUT2D eigenvalue weighted by molar-refractivity contribution is 7.09. The van der Waals surface area contributed by atoms with Gasteiger partial charge in [-0.25, -0.2) is 9.78 Å². The van der Waals surface area contributed by atoms with E-state index in [1.807, 2.05) is 6.92 Å². The molecular weight excluding hydrogens is 360 g/mol. The van der Waals surface area contributed by atoms with Crippen LogP contribution in [0.2, 0.25) is 0 Å². The van der Waals surface area contributed by atoms with Crippen molar-refractivity contribution in [2.45, 2.75) is 27.4 Å². The Morgan fingerprint density at radius 2 is 1.77 bits per heavy atom. The van der Waals surface area contributed by atoms with Crippen LogP contribution in [0.1, 0.15) is 24.5 Å². The molecule has 0 spiro atoms. The van der Waals surface area contributed by atoms with E-state index in [4.69, 9.17) is 14.2 Å². The molecule has 0 aromatic carbocycles. The number of thiazole rings is 1. The van der Waals surface area contributed by atoms with Crippen LogP contribution in [0.15, 0.2) is 21.6 Å². The van der Waals surface area contributed by atoms with Crippen LogP contribution in [0.3, 0.4) is 0 Å². The van der Waals surface area contributed by atoms with Gasteiger partial charge < -0.3 is 14.2 Å². The fraction of sp³-hybridized carbons (Fsp3) is 0.471. The molecule has 0 radical (unpaired) electrons. The fourth-order valence-electron chi connectivity index (χ4n) is 2.81. The standard InChI is InChI=1S/C17H20N2O6S/c1-8-12(15(20)23-4)14(13(9(2)18-8)16(21)24-5)17(22)25-6-11-7-26-10(3)19-11/h7,12,14H,6H2,1-5H3/t12?,14-/m1/s1. The Morgan fingerprint density at radius 1 is 1.08 bits per heavy atom. The second kappa shape index (κ2) is 8.22. The first-order chi connectivity index (χ1) is 12.3. The number of esters is 3. The van der Waals surface area contributed by atoms with Gasteiger partial charge in [-0.1, -0.05) is 0 Å². The van der Waals surface area contributed by atoms with E-state index in [2.05, 4.69) is 9.98 Å². The van der Waals surface area contributed by atoms with E-state index in [0.717, 1.165) is 5.01 Å². The maximum absolute atomic E-state index is 12.8. The Morgan fingerprint density at radius 3 is 2.31 bits per heavy atom. The lowest BCUT2D eigenvalue weighted by atomic mass is 9.80. The predicted octanol–water partition coefficient (Wildman–Crippen LogP) is 1.82. The third kappa shape index (κ3) is 3.98. The average Bonchev–Trinajstić information content (AvgIpc) is 3.03. The molecule has 140 valence electrons. The molecule has 0 N–H and O–H groups in total. The molecule has 9 heteroatoms. The maximum Gasteiger partial charge on any atom is 0.336 e. The number of rotatable bonds is 5. The lowest BCUT2D eigenvalue weighted by Gasteiger charge is -2.29. The number of carbonyl (C=O) groups is 3. The Labute approximate surface area is 154 Å². The summed E-state index contributed by atoms with van der Waals surface area (Å²) in [5, 5.41) is 2.62. The number of aryl methyl sites for hydroxylation is 1. The van der Waals surface area contributed by atoms with Crippen molar-refractivity contribution in [2.24, 2.45) is 16.8 Å². The van der Waals surface area contributed by atoms with Gasteiger partial charge in [0.25, 0.3) is 0 Å². The molecule has 2 rings (SSSR count). The van der Waals surface area contributed by atoms with Crippen molar-refractivity contribution in [3.8, 4) is 0 Å². The lowest BCUT2D eigenvalue weighted by Crippen LogP contribution is -2.42. The molecule has 0 fully saturated rings. The molecule has 2 atom stereocenters. The van der Waals surface area contributed by atoms with Crippen LogP contribution in [0.25, 0.3) is 0 Å². The number of carbonyl (C=O) groups excluding carboxylic acids is 3. The normalized spacial score (nSPS) is 19.7. The van der Waals surface area contributed by atoms with Crippen LogP contribution in [0.5, 0.6) is 0 Å². The highest BCUT2D eigenvalue weighted by Crippen LogP contribution is 2.33. The summed E-state index contributed by atoms with van der Waals surface area (Å²) in [6.45, 7) is 4.96. The quantitative estimate of drug-likeness (QED) is 0.567. The van der Waals surface area contributed by atoms with Crippen LogP contribution in [-0.2, 0) is 35.2 Å². The summed E-state index contributed by atoms with van der Waals surface area (Å²) in [7, 11) is 2.40. The Hall–Kier alpha value is -2.55. The van der Waals surface area contributed by atoms with Crippen LogP contribution in [0, 0.1) is 18.8 Å². The highest BCUT2D eigenvalue weighted by atomic mass is 32.1. The van der Waals surface area contributed by atoms with Crippen LogP contribution in [0.4, 0.5) is 0 Å². The molecule has 1 aliphatic rings. The molecule has 0 amide bonds. The van der Waals surface area contributed by atoms with E-state index in [0.29, 0.717) is 17.1 Å².